The molecule has 0 aliphatic heterocycles. The second-order valence-electron chi connectivity index (χ2n) is 4.26. The SMILES string of the molecule is Cc1cnc(Cl)c(NCc2ccccc2OCC#N)c1. The van der Waals surface area contributed by atoms with Crippen LogP contribution in [0.5, 0.6) is 5.75 Å². The van der Waals surface area contributed by atoms with Gasteiger partial charge < -0.3 is 10.1 Å². The largest absolute Gasteiger partial charge is 0.478 e. The molecule has 2 aromatic rings. The van der Waals surface area contributed by atoms with Gasteiger partial charge in [-0.25, -0.2) is 4.98 Å². The molecule has 2 rings (SSSR count). The fourth-order valence-corrected chi connectivity index (χ4v) is 1.94. The van der Waals surface area contributed by atoms with Crippen molar-refractivity contribution in [1.29, 1.82) is 5.26 Å². The van der Waals surface area contributed by atoms with Gasteiger partial charge in [-0.2, -0.15) is 5.26 Å². The van der Waals surface area contributed by atoms with Crippen molar-refractivity contribution in [2.75, 3.05) is 11.9 Å². The average molecular weight is 288 g/mol. The number of rotatable bonds is 5. The molecule has 20 heavy (non-hydrogen) atoms. The molecule has 5 heteroatoms. The molecule has 1 aromatic carbocycles. The third-order valence-corrected chi connectivity index (χ3v) is 3.01. The Morgan fingerprint density at radius 3 is 3.00 bits per heavy atom. The number of halogens is 1. The van der Waals surface area contributed by atoms with Crippen molar-refractivity contribution >= 4 is 17.3 Å². The van der Waals surface area contributed by atoms with E-state index >= 15 is 0 Å². The molecule has 0 aliphatic rings. The third kappa shape index (κ3) is 3.62. The van der Waals surface area contributed by atoms with Crippen LogP contribution in [-0.4, -0.2) is 11.6 Å². The van der Waals surface area contributed by atoms with E-state index in [4.69, 9.17) is 21.6 Å². The zero-order valence-corrected chi connectivity index (χ0v) is 11.8. The molecular formula is C15H14ClN3O. The van der Waals surface area contributed by atoms with E-state index < -0.39 is 0 Å². The molecule has 0 saturated carbocycles. The predicted molar refractivity (Wildman–Crippen MR) is 78.9 cm³/mol. The zero-order chi connectivity index (χ0) is 14.4. The van der Waals surface area contributed by atoms with Crippen LogP contribution in [0.3, 0.4) is 0 Å². The number of nitrogens with zero attached hydrogens (tertiary/aromatic N) is 2. The summed E-state index contributed by atoms with van der Waals surface area (Å²) >= 11 is 6.04. The summed E-state index contributed by atoms with van der Waals surface area (Å²) in [5, 5.41) is 12.2. The smallest absolute Gasteiger partial charge is 0.174 e. The first-order chi connectivity index (χ1) is 9.70. The predicted octanol–water partition coefficient (Wildman–Crippen LogP) is 3.56. The van der Waals surface area contributed by atoms with E-state index in [-0.39, 0.29) is 6.61 Å². The molecular weight excluding hydrogens is 274 g/mol. The highest BCUT2D eigenvalue weighted by Crippen LogP contribution is 2.23. The maximum atomic E-state index is 8.58. The number of ether oxygens (including phenoxy) is 1. The van der Waals surface area contributed by atoms with Gasteiger partial charge in [0.05, 0.1) is 5.69 Å². The van der Waals surface area contributed by atoms with E-state index in [1.54, 1.807) is 6.20 Å². The Bertz CT molecular complexity index is 637. The quantitative estimate of drug-likeness (QED) is 0.854. The number of anilines is 1. The van der Waals surface area contributed by atoms with Crippen LogP contribution in [-0.2, 0) is 6.54 Å². The maximum Gasteiger partial charge on any atom is 0.174 e. The number of aryl methyl sites for hydroxylation is 1. The number of pyridine rings is 1. The fourth-order valence-electron chi connectivity index (χ4n) is 1.77. The Balaban J connectivity index is 2.11. The summed E-state index contributed by atoms with van der Waals surface area (Å²) in [7, 11) is 0. The number of aromatic nitrogens is 1. The molecule has 0 radical (unpaired) electrons. The first-order valence-electron chi connectivity index (χ1n) is 6.14. The van der Waals surface area contributed by atoms with Crippen LogP contribution in [0.4, 0.5) is 5.69 Å². The number of hydrogen-bond acceptors (Lipinski definition) is 4. The summed E-state index contributed by atoms with van der Waals surface area (Å²) < 4.78 is 5.38. The van der Waals surface area contributed by atoms with Gasteiger partial charge in [0, 0.05) is 18.3 Å². The van der Waals surface area contributed by atoms with Crippen molar-refractivity contribution in [3.8, 4) is 11.8 Å². The van der Waals surface area contributed by atoms with Gasteiger partial charge in [0.25, 0.3) is 0 Å². The summed E-state index contributed by atoms with van der Waals surface area (Å²) in [4.78, 5) is 4.09. The molecule has 102 valence electrons. The maximum absolute atomic E-state index is 8.58. The number of benzene rings is 1. The van der Waals surface area contributed by atoms with Crippen molar-refractivity contribution in [3.05, 3.63) is 52.8 Å². The van der Waals surface area contributed by atoms with Crippen LogP contribution in [0, 0.1) is 18.3 Å². The molecule has 0 saturated heterocycles. The van der Waals surface area contributed by atoms with Gasteiger partial charge in [-0.1, -0.05) is 29.8 Å². The van der Waals surface area contributed by atoms with E-state index in [1.165, 1.54) is 0 Å². The van der Waals surface area contributed by atoms with Gasteiger partial charge in [-0.15, -0.1) is 0 Å². The summed E-state index contributed by atoms with van der Waals surface area (Å²) in [5.41, 5.74) is 2.77. The van der Waals surface area contributed by atoms with Crippen LogP contribution >= 0.6 is 11.6 Å². The van der Waals surface area contributed by atoms with Crippen LogP contribution in [0.25, 0.3) is 0 Å². The molecule has 1 aromatic heterocycles. The Hall–Kier alpha value is -2.25. The molecule has 0 atom stereocenters. The average Bonchev–Trinajstić information content (AvgIpc) is 2.47. The number of para-hydroxylation sites is 1. The highest BCUT2D eigenvalue weighted by molar-refractivity contribution is 6.31. The van der Waals surface area contributed by atoms with Gasteiger partial charge in [0.2, 0.25) is 0 Å². The van der Waals surface area contributed by atoms with Gasteiger partial charge in [-0.05, 0) is 24.6 Å². The molecule has 0 bridgehead atoms. The lowest BCUT2D eigenvalue weighted by Crippen LogP contribution is -2.04. The normalized spacial score (nSPS) is 9.85. The van der Waals surface area contributed by atoms with Crippen LogP contribution in [0.15, 0.2) is 36.5 Å². The number of hydrogen-bond donors (Lipinski definition) is 1. The van der Waals surface area contributed by atoms with Crippen molar-refractivity contribution in [1.82, 2.24) is 4.98 Å². The van der Waals surface area contributed by atoms with E-state index in [0.717, 1.165) is 16.8 Å². The highest BCUT2D eigenvalue weighted by atomic mass is 35.5. The molecule has 0 unspecified atom stereocenters. The van der Waals surface area contributed by atoms with E-state index in [2.05, 4.69) is 10.3 Å². The van der Waals surface area contributed by atoms with Gasteiger partial charge in [0.1, 0.15) is 11.8 Å². The zero-order valence-electron chi connectivity index (χ0n) is 11.1. The van der Waals surface area contributed by atoms with Gasteiger partial charge in [-0.3, -0.25) is 0 Å². The third-order valence-electron chi connectivity index (χ3n) is 2.71. The highest BCUT2D eigenvalue weighted by Gasteiger charge is 2.05. The first kappa shape index (κ1) is 14.2. The van der Waals surface area contributed by atoms with Crippen LogP contribution < -0.4 is 10.1 Å². The molecule has 0 amide bonds. The second-order valence-corrected chi connectivity index (χ2v) is 4.62. The lowest BCUT2D eigenvalue weighted by Gasteiger charge is -2.12. The standard InChI is InChI=1S/C15H14ClN3O/c1-11-8-13(15(16)19-9-11)18-10-12-4-2-3-5-14(12)20-7-6-17/h2-5,8-9,18H,7,10H2,1H3. The monoisotopic (exact) mass is 287 g/mol. The Morgan fingerprint density at radius 2 is 2.20 bits per heavy atom. The van der Waals surface area contributed by atoms with E-state index in [0.29, 0.717) is 17.4 Å². The molecule has 0 spiro atoms. The number of nitriles is 1. The Kier molecular flexibility index (Phi) is 4.80. The van der Waals surface area contributed by atoms with Gasteiger partial charge >= 0.3 is 0 Å². The summed E-state index contributed by atoms with van der Waals surface area (Å²) in [6.07, 6.45) is 1.72. The van der Waals surface area contributed by atoms with E-state index in [1.807, 2.05) is 43.3 Å². The van der Waals surface area contributed by atoms with Crippen molar-refractivity contribution < 1.29 is 4.74 Å². The minimum atomic E-state index is 0.0315. The van der Waals surface area contributed by atoms with Gasteiger partial charge in [0.15, 0.2) is 11.8 Å². The minimum Gasteiger partial charge on any atom is -0.478 e. The molecule has 0 aliphatic carbocycles. The first-order valence-corrected chi connectivity index (χ1v) is 6.52. The van der Waals surface area contributed by atoms with E-state index in [9.17, 15) is 0 Å². The van der Waals surface area contributed by atoms with Crippen LogP contribution in [0.2, 0.25) is 5.15 Å². The Morgan fingerprint density at radius 1 is 1.40 bits per heavy atom. The fraction of sp³-hybridized carbons (Fsp3) is 0.200. The Labute approximate surface area is 123 Å². The molecule has 4 nitrogen and oxygen atoms in total. The lowest BCUT2D eigenvalue weighted by atomic mass is 10.2. The topological polar surface area (TPSA) is 57.9 Å². The molecule has 0 fully saturated rings. The number of nitrogens with one attached hydrogen (secondary N) is 1. The molecule has 1 N–H and O–H groups in total. The summed E-state index contributed by atoms with van der Waals surface area (Å²) in [5.74, 6) is 0.693. The summed E-state index contributed by atoms with van der Waals surface area (Å²) in [6, 6.07) is 11.5. The van der Waals surface area contributed by atoms with Crippen molar-refractivity contribution in [2.24, 2.45) is 0 Å². The summed E-state index contributed by atoms with van der Waals surface area (Å²) in [6.45, 7) is 2.54. The van der Waals surface area contributed by atoms with Crippen molar-refractivity contribution in [3.63, 3.8) is 0 Å². The minimum absolute atomic E-state index is 0.0315. The van der Waals surface area contributed by atoms with Crippen molar-refractivity contribution in [2.45, 2.75) is 13.5 Å². The lowest BCUT2D eigenvalue weighted by molar-refractivity contribution is 0.364. The second kappa shape index (κ2) is 6.78. The van der Waals surface area contributed by atoms with Crippen LogP contribution in [0.1, 0.15) is 11.1 Å². The molecule has 1 heterocycles.